The monoisotopic (exact) mass is 377 g/mol. The normalized spacial score (nSPS) is 13.8. The number of fused-ring (bicyclic) bond motifs is 2. The smallest absolute Gasteiger partial charge is 0.229 e. The van der Waals surface area contributed by atoms with Gasteiger partial charge in [0.05, 0.1) is 5.56 Å². The zero-order valence-electron chi connectivity index (χ0n) is 15.0. The van der Waals surface area contributed by atoms with E-state index in [1.807, 2.05) is 0 Å². The molecule has 1 amide bonds. The van der Waals surface area contributed by atoms with Crippen molar-refractivity contribution in [3.8, 4) is 11.5 Å². The van der Waals surface area contributed by atoms with Crippen LogP contribution < -0.4 is 10.6 Å². The van der Waals surface area contributed by atoms with E-state index in [1.165, 1.54) is 6.07 Å². The third kappa shape index (κ3) is 2.74. The molecule has 140 valence electrons. The van der Waals surface area contributed by atoms with Crippen molar-refractivity contribution in [2.45, 2.75) is 12.8 Å². The largest absolute Gasteiger partial charge is 0.433 e. The summed E-state index contributed by atoms with van der Waals surface area (Å²) in [5.74, 6) is 0.815. The number of pyridine rings is 2. The van der Waals surface area contributed by atoms with E-state index in [4.69, 9.17) is 4.42 Å². The topological polar surface area (TPSA) is 92.9 Å². The number of rotatable bonds is 4. The summed E-state index contributed by atoms with van der Waals surface area (Å²) in [4.78, 5) is 25.3. The third-order valence-electron chi connectivity index (χ3n) is 4.79. The van der Waals surface area contributed by atoms with Crippen LogP contribution in [0.2, 0.25) is 0 Å². The van der Waals surface area contributed by atoms with Gasteiger partial charge in [-0.25, -0.2) is 14.4 Å². The summed E-state index contributed by atoms with van der Waals surface area (Å²) in [5, 5.41) is 7.38. The fraction of sp³-hybridized carbons (Fsp3) is 0.200. The molecule has 4 aromatic rings. The highest BCUT2D eigenvalue weighted by molar-refractivity contribution is 6.03. The average Bonchev–Trinajstić information content (AvgIpc) is 3.46. The maximum atomic E-state index is 14.0. The SMILES string of the molecule is CNc1nc(NC(=O)C2CC2)cc2c(-c3nc4cccc(F)c4o3)cncc12. The van der Waals surface area contributed by atoms with Gasteiger partial charge in [-0.15, -0.1) is 0 Å². The number of oxazole rings is 1. The Bertz CT molecular complexity index is 1230. The Balaban J connectivity index is 1.69. The maximum Gasteiger partial charge on any atom is 0.229 e. The zero-order chi connectivity index (χ0) is 19.3. The summed E-state index contributed by atoms with van der Waals surface area (Å²) in [6, 6.07) is 6.36. The second-order valence-corrected chi connectivity index (χ2v) is 6.76. The van der Waals surface area contributed by atoms with Gasteiger partial charge < -0.3 is 15.1 Å². The van der Waals surface area contributed by atoms with Crippen LogP contribution in [0.3, 0.4) is 0 Å². The van der Waals surface area contributed by atoms with Crippen LogP contribution in [0.1, 0.15) is 12.8 Å². The first-order valence-electron chi connectivity index (χ1n) is 8.97. The van der Waals surface area contributed by atoms with Gasteiger partial charge >= 0.3 is 0 Å². The summed E-state index contributed by atoms with van der Waals surface area (Å²) in [6.45, 7) is 0. The van der Waals surface area contributed by atoms with Gasteiger partial charge in [-0.3, -0.25) is 9.78 Å². The van der Waals surface area contributed by atoms with Crippen LogP contribution in [0, 0.1) is 11.7 Å². The molecule has 0 aliphatic heterocycles. The van der Waals surface area contributed by atoms with Crippen LogP contribution in [-0.2, 0) is 4.79 Å². The van der Waals surface area contributed by atoms with E-state index in [1.54, 1.807) is 37.6 Å². The molecule has 3 heterocycles. The molecule has 1 aromatic carbocycles. The lowest BCUT2D eigenvalue weighted by Crippen LogP contribution is -2.14. The molecule has 2 N–H and O–H groups in total. The van der Waals surface area contributed by atoms with Crippen LogP contribution in [0.5, 0.6) is 0 Å². The number of hydrogen-bond donors (Lipinski definition) is 2. The molecule has 28 heavy (non-hydrogen) atoms. The molecular formula is C20H16FN5O2. The maximum absolute atomic E-state index is 14.0. The van der Waals surface area contributed by atoms with E-state index < -0.39 is 5.82 Å². The van der Waals surface area contributed by atoms with Crippen molar-refractivity contribution in [3.63, 3.8) is 0 Å². The Kier molecular flexibility index (Phi) is 3.71. The molecule has 1 aliphatic rings. The summed E-state index contributed by atoms with van der Waals surface area (Å²) < 4.78 is 19.7. The standard InChI is InChI=1S/C20H16FN5O2/c1-22-18-12-8-23-9-13(20-24-15-4-2-3-14(21)17(15)28-20)11(12)7-16(25-18)26-19(27)10-5-6-10/h2-4,7-10H,5-6H2,1H3,(H2,22,25,26,27). The van der Waals surface area contributed by atoms with Crippen LogP contribution >= 0.6 is 0 Å². The Morgan fingerprint density at radius 2 is 2.07 bits per heavy atom. The molecule has 1 saturated carbocycles. The highest BCUT2D eigenvalue weighted by Crippen LogP contribution is 2.35. The lowest BCUT2D eigenvalue weighted by molar-refractivity contribution is -0.117. The van der Waals surface area contributed by atoms with Gasteiger partial charge in [0.15, 0.2) is 11.4 Å². The Labute approximate surface area is 159 Å². The van der Waals surface area contributed by atoms with Crippen LogP contribution in [0.25, 0.3) is 33.3 Å². The van der Waals surface area contributed by atoms with Gasteiger partial charge in [-0.05, 0) is 31.0 Å². The third-order valence-corrected chi connectivity index (χ3v) is 4.79. The number of nitrogens with zero attached hydrogens (tertiary/aromatic N) is 3. The van der Waals surface area contributed by atoms with Gasteiger partial charge in [-0.1, -0.05) is 6.07 Å². The second kappa shape index (κ2) is 6.26. The average molecular weight is 377 g/mol. The Morgan fingerprint density at radius 3 is 2.82 bits per heavy atom. The van der Waals surface area contributed by atoms with Crippen molar-refractivity contribution < 1.29 is 13.6 Å². The summed E-state index contributed by atoms with van der Waals surface area (Å²) in [7, 11) is 1.75. The first-order chi connectivity index (χ1) is 13.6. The van der Waals surface area contributed by atoms with Gasteiger partial charge in [0.1, 0.15) is 17.2 Å². The van der Waals surface area contributed by atoms with Gasteiger partial charge in [0, 0.05) is 36.1 Å². The summed E-state index contributed by atoms with van der Waals surface area (Å²) >= 11 is 0. The van der Waals surface area contributed by atoms with Crippen molar-refractivity contribution in [1.29, 1.82) is 0 Å². The summed E-state index contributed by atoms with van der Waals surface area (Å²) in [6.07, 6.45) is 5.09. The number of benzene rings is 1. The van der Waals surface area contributed by atoms with E-state index in [0.29, 0.717) is 22.7 Å². The first kappa shape index (κ1) is 16.6. The van der Waals surface area contributed by atoms with E-state index in [0.717, 1.165) is 23.6 Å². The van der Waals surface area contributed by atoms with Crippen molar-refractivity contribution in [2.24, 2.45) is 5.92 Å². The highest BCUT2D eigenvalue weighted by Gasteiger charge is 2.30. The molecule has 0 radical (unpaired) electrons. The zero-order valence-corrected chi connectivity index (χ0v) is 15.0. The molecule has 1 aliphatic carbocycles. The van der Waals surface area contributed by atoms with Gasteiger partial charge in [-0.2, -0.15) is 0 Å². The number of nitrogens with one attached hydrogen (secondary N) is 2. The fourth-order valence-electron chi connectivity index (χ4n) is 3.19. The first-order valence-corrected chi connectivity index (χ1v) is 8.97. The van der Waals surface area contributed by atoms with Gasteiger partial charge in [0.25, 0.3) is 0 Å². The van der Waals surface area contributed by atoms with E-state index in [2.05, 4.69) is 25.6 Å². The highest BCUT2D eigenvalue weighted by atomic mass is 19.1. The summed E-state index contributed by atoms with van der Waals surface area (Å²) in [5.41, 5.74) is 1.12. The minimum atomic E-state index is -0.473. The number of amides is 1. The molecule has 5 rings (SSSR count). The lowest BCUT2D eigenvalue weighted by Gasteiger charge is -2.11. The van der Waals surface area contributed by atoms with E-state index >= 15 is 0 Å². The fourth-order valence-corrected chi connectivity index (χ4v) is 3.19. The predicted octanol–water partition coefficient (Wildman–Crippen LogP) is 3.97. The van der Waals surface area contributed by atoms with Crippen molar-refractivity contribution >= 4 is 39.4 Å². The molecule has 0 saturated heterocycles. The number of anilines is 2. The molecule has 0 spiro atoms. The minimum Gasteiger partial charge on any atom is -0.433 e. The molecule has 8 heteroatoms. The van der Waals surface area contributed by atoms with Crippen molar-refractivity contribution in [3.05, 3.63) is 42.5 Å². The van der Waals surface area contributed by atoms with E-state index in [9.17, 15) is 9.18 Å². The molecule has 0 bridgehead atoms. The number of para-hydroxylation sites is 1. The van der Waals surface area contributed by atoms with Gasteiger partial charge in [0.2, 0.25) is 11.8 Å². The predicted molar refractivity (Wildman–Crippen MR) is 103 cm³/mol. The number of aromatic nitrogens is 3. The van der Waals surface area contributed by atoms with E-state index in [-0.39, 0.29) is 23.3 Å². The van der Waals surface area contributed by atoms with Crippen LogP contribution in [0.4, 0.5) is 16.0 Å². The molecular weight excluding hydrogens is 361 g/mol. The quantitative estimate of drug-likeness (QED) is 0.559. The number of carbonyl (C=O) groups is 1. The molecule has 1 fully saturated rings. The van der Waals surface area contributed by atoms with Crippen molar-refractivity contribution in [2.75, 3.05) is 17.7 Å². The molecule has 0 unspecified atom stereocenters. The van der Waals surface area contributed by atoms with Crippen molar-refractivity contribution in [1.82, 2.24) is 15.0 Å². The minimum absolute atomic E-state index is 0.0338. The lowest BCUT2D eigenvalue weighted by atomic mass is 10.1. The number of hydrogen-bond acceptors (Lipinski definition) is 6. The van der Waals surface area contributed by atoms with Crippen LogP contribution in [-0.4, -0.2) is 27.9 Å². The Morgan fingerprint density at radius 1 is 1.21 bits per heavy atom. The molecule has 7 nitrogen and oxygen atoms in total. The van der Waals surface area contributed by atoms with Crippen LogP contribution in [0.15, 0.2) is 41.1 Å². The number of carbonyl (C=O) groups excluding carboxylic acids is 1. The second-order valence-electron chi connectivity index (χ2n) is 6.76. The number of halogens is 1. The Hall–Kier alpha value is -3.55. The molecule has 3 aromatic heterocycles. The molecule has 0 atom stereocenters.